The first kappa shape index (κ1) is 18.0. The SMILES string of the molecule is c1ccc2c(c1)cn1c2c2cc3sc4ccccc4c3cc2c2ccc3oc4ccccc4c3c21. The van der Waals surface area contributed by atoms with Crippen molar-refractivity contribution in [2.75, 3.05) is 0 Å². The highest BCUT2D eigenvalue weighted by Crippen LogP contribution is 2.44. The first-order valence-electron chi connectivity index (χ1n) is 11.9. The van der Waals surface area contributed by atoms with E-state index in [1.165, 1.54) is 63.5 Å². The molecule has 0 unspecified atom stereocenters. The Kier molecular flexibility index (Phi) is 3.20. The first-order chi connectivity index (χ1) is 17.3. The van der Waals surface area contributed by atoms with Gasteiger partial charge in [-0.1, -0.05) is 60.7 Å². The molecule has 3 heteroatoms. The van der Waals surface area contributed by atoms with Crippen molar-refractivity contribution < 1.29 is 4.42 Å². The molecule has 4 heterocycles. The van der Waals surface area contributed by atoms with Crippen molar-refractivity contribution in [1.29, 1.82) is 0 Å². The summed E-state index contributed by atoms with van der Waals surface area (Å²) in [6.45, 7) is 0. The second kappa shape index (κ2) is 6.21. The number of hydrogen-bond donors (Lipinski definition) is 0. The van der Waals surface area contributed by atoms with Gasteiger partial charge in [-0.3, -0.25) is 0 Å². The fourth-order valence-electron chi connectivity index (χ4n) is 6.07. The van der Waals surface area contributed by atoms with Gasteiger partial charge in [0, 0.05) is 53.3 Å². The van der Waals surface area contributed by atoms with Gasteiger partial charge in [-0.15, -0.1) is 11.3 Å². The number of thiophene rings is 1. The van der Waals surface area contributed by atoms with Gasteiger partial charge in [0.25, 0.3) is 0 Å². The average Bonchev–Trinajstić information content (AvgIpc) is 3.58. The van der Waals surface area contributed by atoms with Crippen LogP contribution in [-0.2, 0) is 0 Å². The Morgan fingerprint density at radius 2 is 1.31 bits per heavy atom. The molecule has 0 amide bonds. The van der Waals surface area contributed by atoms with Gasteiger partial charge in [-0.2, -0.15) is 0 Å². The van der Waals surface area contributed by atoms with Crippen molar-refractivity contribution in [3.8, 4) is 0 Å². The second-order valence-corrected chi connectivity index (χ2v) is 10.4. The molecule has 0 aliphatic heterocycles. The van der Waals surface area contributed by atoms with E-state index in [2.05, 4.69) is 102 Å². The van der Waals surface area contributed by atoms with Crippen molar-refractivity contribution >= 4 is 91.4 Å². The summed E-state index contributed by atoms with van der Waals surface area (Å²) in [5, 5.41) is 11.4. The van der Waals surface area contributed by atoms with E-state index in [-0.39, 0.29) is 0 Å². The van der Waals surface area contributed by atoms with E-state index in [1.807, 2.05) is 17.4 Å². The lowest BCUT2D eigenvalue weighted by atomic mass is 9.99. The zero-order chi connectivity index (χ0) is 22.7. The molecule has 9 aromatic rings. The molecule has 0 radical (unpaired) electrons. The summed E-state index contributed by atoms with van der Waals surface area (Å²) in [6, 6.07) is 35.1. The van der Waals surface area contributed by atoms with Gasteiger partial charge >= 0.3 is 0 Å². The van der Waals surface area contributed by atoms with Gasteiger partial charge in [-0.25, -0.2) is 0 Å². The number of aromatic nitrogens is 1. The van der Waals surface area contributed by atoms with E-state index >= 15 is 0 Å². The Morgan fingerprint density at radius 1 is 0.514 bits per heavy atom. The van der Waals surface area contributed by atoms with Crippen LogP contribution in [-0.4, -0.2) is 4.40 Å². The molecule has 35 heavy (non-hydrogen) atoms. The fraction of sp³-hybridized carbons (Fsp3) is 0. The molecule has 0 saturated heterocycles. The van der Waals surface area contributed by atoms with Gasteiger partial charge in [0.2, 0.25) is 0 Å². The van der Waals surface area contributed by atoms with Gasteiger partial charge in [0.1, 0.15) is 11.2 Å². The smallest absolute Gasteiger partial charge is 0.137 e. The third-order valence-corrected chi connectivity index (χ3v) is 8.68. The molecule has 0 atom stereocenters. The zero-order valence-electron chi connectivity index (χ0n) is 18.6. The lowest BCUT2D eigenvalue weighted by Gasteiger charge is -2.11. The minimum Gasteiger partial charge on any atom is -0.456 e. The predicted molar refractivity (Wildman–Crippen MR) is 150 cm³/mol. The number of fused-ring (bicyclic) bond motifs is 15. The van der Waals surface area contributed by atoms with Crippen LogP contribution in [0.25, 0.3) is 80.1 Å². The van der Waals surface area contributed by atoms with E-state index in [4.69, 9.17) is 4.42 Å². The molecule has 0 spiro atoms. The van der Waals surface area contributed by atoms with Crippen LogP contribution >= 0.6 is 11.3 Å². The molecule has 9 rings (SSSR count). The van der Waals surface area contributed by atoms with E-state index in [0.717, 1.165) is 16.6 Å². The maximum absolute atomic E-state index is 6.30. The molecule has 0 aliphatic rings. The minimum absolute atomic E-state index is 0.930. The Hall–Kier alpha value is -4.34. The fourth-order valence-corrected chi connectivity index (χ4v) is 7.19. The van der Waals surface area contributed by atoms with E-state index in [1.54, 1.807) is 0 Å². The lowest BCUT2D eigenvalue weighted by molar-refractivity contribution is 0.669. The lowest BCUT2D eigenvalue weighted by Crippen LogP contribution is -1.91. The molecule has 2 nitrogen and oxygen atoms in total. The van der Waals surface area contributed by atoms with Gasteiger partial charge in [-0.05, 0) is 41.8 Å². The maximum Gasteiger partial charge on any atom is 0.137 e. The van der Waals surface area contributed by atoms with Crippen LogP contribution in [0.4, 0.5) is 0 Å². The topological polar surface area (TPSA) is 17.6 Å². The Morgan fingerprint density at radius 3 is 2.26 bits per heavy atom. The number of nitrogens with zero attached hydrogens (tertiary/aromatic N) is 1. The number of rotatable bonds is 0. The Balaban J connectivity index is 1.65. The molecule has 0 aliphatic carbocycles. The summed E-state index contributed by atoms with van der Waals surface area (Å²) in [4.78, 5) is 0. The highest BCUT2D eigenvalue weighted by Gasteiger charge is 2.19. The average molecular weight is 464 g/mol. The molecule has 162 valence electrons. The van der Waals surface area contributed by atoms with Crippen LogP contribution in [0, 0.1) is 0 Å². The number of furan rings is 1. The van der Waals surface area contributed by atoms with Crippen molar-refractivity contribution in [3.63, 3.8) is 0 Å². The Labute approximate surface area is 203 Å². The molecular weight excluding hydrogens is 446 g/mol. The van der Waals surface area contributed by atoms with Crippen molar-refractivity contribution in [3.05, 3.63) is 103 Å². The summed E-state index contributed by atoms with van der Waals surface area (Å²) in [6.07, 6.45) is 2.29. The van der Waals surface area contributed by atoms with Crippen LogP contribution in [0.3, 0.4) is 0 Å². The quantitative estimate of drug-likeness (QED) is 0.205. The highest BCUT2D eigenvalue weighted by atomic mass is 32.1. The summed E-state index contributed by atoms with van der Waals surface area (Å²) >= 11 is 1.88. The third-order valence-electron chi connectivity index (χ3n) is 7.54. The predicted octanol–water partition coefficient (Wildman–Crippen LogP) is 9.67. The van der Waals surface area contributed by atoms with Gasteiger partial charge in [0.15, 0.2) is 0 Å². The standard InChI is InChI=1S/C32H17NOS/c1-2-8-19-18(7-1)17-33-31(19)25-16-29-24(20-9-4-6-12-28(20)35-29)15-23(25)21-13-14-27-30(32(21)33)22-10-3-5-11-26(22)34-27/h1-17H. The summed E-state index contributed by atoms with van der Waals surface area (Å²) < 4.78 is 11.4. The zero-order valence-corrected chi connectivity index (χ0v) is 19.4. The monoisotopic (exact) mass is 463 g/mol. The first-order valence-corrected chi connectivity index (χ1v) is 12.7. The van der Waals surface area contributed by atoms with Crippen molar-refractivity contribution in [2.24, 2.45) is 0 Å². The maximum atomic E-state index is 6.30. The van der Waals surface area contributed by atoms with Crippen LogP contribution < -0.4 is 0 Å². The van der Waals surface area contributed by atoms with E-state index in [0.29, 0.717) is 0 Å². The van der Waals surface area contributed by atoms with Crippen LogP contribution in [0.5, 0.6) is 0 Å². The summed E-state index contributed by atoms with van der Waals surface area (Å²) in [7, 11) is 0. The van der Waals surface area contributed by atoms with Gasteiger partial charge < -0.3 is 8.82 Å². The molecule has 0 saturated carbocycles. The van der Waals surface area contributed by atoms with Crippen molar-refractivity contribution in [1.82, 2.24) is 4.40 Å². The van der Waals surface area contributed by atoms with E-state index < -0.39 is 0 Å². The second-order valence-electron chi connectivity index (χ2n) is 9.36. The Bertz CT molecular complexity index is 2330. The number of pyridine rings is 1. The molecule has 0 bridgehead atoms. The molecule has 0 fully saturated rings. The number of benzene rings is 5. The highest BCUT2D eigenvalue weighted by molar-refractivity contribution is 7.25. The van der Waals surface area contributed by atoms with Crippen LogP contribution in [0.1, 0.15) is 0 Å². The van der Waals surface area contributed by atoms with E-state index in [9.17, 15) is 0 Å². The third kappa shape index (κ3) is 2.20. The molecule has 4 aromatic heterocycles. The summed E-state index contributed by atoms with van der Waals surface area (Å²) in [5.41, 5.74) is 4.34. The largest absolute Gasteiger partial charge is 0.456 e. The molecule has 0 N–H and O–H groups in total. The van der Waals surface area contributed by atoms with Crippen LogP contribution in [0.15, 0.2) is 108 Å². The van der Waals surface area contributed by atoms with Crippen molar-refractivity contribution in [2.45, 2.75) is 0 Å². The number of para-hydroxylation sites is 1. The molecular formula is C32H17NOS. The van der Waals surface area contributed by atoms with Crippen LogP contribution in [0.2, 0.25) is 0 Å². The normalized spacial score (nSPS) is 12.6. The minimum atomic E-state index is 0.930. The number of hydrogen-bond acceptors (Lipinski definition) is 2. The molecule has 5 aromatic carbocycles. The summed E-state index contributed by atoms with van der Waals surface area (Å²) in [5.74, 6) is 0. The van der Waals surface area contributed by atoms with Gasteiger partial charge in [0.05, 0.1) is 16.4 Å².